The van der Waals surface area contributed by atoms with Crippen molar-refractivity contribution >= 4 is 0 Å². The zero-order chi connectivity index (χ0) is 13.8. The Bertz CT molecular complexity index is 726. The smallest absolute Gasteiger partial charge is 0.408 e. The van der Waals surface area contributed by atoms with Crippen molar-refractivity contribution in [2.45, 2.75) is 13.0 Å². The molecule has 0 amide bonds. The van der Waals surface area contributed by atoms with Gasteiger partial charge in [-0.15, -0.1) is 0 Å². The van der Waals surface area contributed by atoms with Crippen LogP contribution in [0.15, 0.2) is 76.1 Å². The van der Waals surface area contributed by atoms with Crippen molar-refractivity contribution in [3.05, 3.63) is 83.0 Å². The lowest BCUT2D eigenvalue weighted by atomic mass is 10.1. The zero-order valence-electron chi connectivity index (χ0n) is 11.0. The highest BCUT2D eigenvalue weighted by Crippen LogP contribution is 2.17. The summed E-state index contributed by atoms with van der Waals surface area (Å²) in [5.41, 5.74) is 2.13. The number of oxazole rings is 1. The Morgan fingerprint density at radius 2 is 1.55 bits per heavy atom. The molecule has 0 saturated heterocycles. The first-order chi connectivity index (χ1) is 9.83. The van der Waals surface area contributed by atoms with Gasteiger partial charge >= 0.3 is 5.76 Å². The van der Waals surface area contributed by atoms with Crippen LogP contribution in [0.2, 0.25) is 0 Å². The molecule has 100 valence electrons. The lowest BCUT2D eigenvalue weighted by molar-refractivity contribution is 0.486. The molecule has 3 aromatic rings. The number of hydrogen-bond donors (Lipinski definition) is 0. The van der Waals surface area contributed by atoms with Gasteiger partial charge < -0.3 is 4.42 Å². The van der Waals surface area contributed by atoms with Gasteiger partial charge in [0.15, 0.2) is 5.76 Å². The molecule has 0 aliphatic rings. The maximum Gasteiger partial charge on any atom is 0.419 e. The van der Waals surface area contributed by atoms with Crippen LogP contribution in [0.3, 0.4) is 0 Å². The first kappa shape index (κ1) is 12.5. The Morgan fingerprint density at radius 1 is 0.900 bits per heavy atom. The molecule has 0 unspecified atom stereocenters. The number of hydrogen-bond acceptors (Lipinski definition) is 2. The summed E-state index contributed by atoms with van der Waals surface area (Å²) in [6.07, 6.45) is 2.59. The minimum atomic E-state index is -0.306. The van der Waals surface area contributed by atoms with Crippen molar-refractivity contribution in [1.82, 2.24) is 4.57 Å². The van der Waals surface area contributed by atoms with Crippen molar-refractivity contribution in [3.63, 3.8) is 0 Å². The molecule has 0 fully saturated rings. The van der Waals surface area contributed by atoms with Crippen molar-refractivity contribution in [2.24, 2.45) is 0 Å². The summed E-state index contributed by atoms with van der Waals surface area (Å²) in [6, 6.07) is 19.8. The van der Waals surface area contributed by atoms with E-state index in [1.165, 1.54) is 5.56 Å². The predicted molar refractivity (Wildman–Crippen MR) is 78.6 cm³/mol. The van der Waals surface area contributed by atoms with Crippen molar-refractivity contribution < 1.29 is 4.42 Å². The second-order valence-corrected chi connectivity index (χ2v) is 4.66. The van der Waals surface area contributed by atoms with Gasteiger partial charge in [-0.3, -0.25) is 4.57 Å². The lowest BCUT2D eigenvalue weighted by Crippen LogP contribution is -2.14. The molecule has 1 heterocycles. The van der Waals surface area contributed by atoms with Gasteiger partial charge in [0.25, 0.3) is 0 Å². The Hall–Kier alpha value is -2.55. The molecule has 20 heavy (non-hydrogen) atoms. The van der Waals surface area contributed by atoms with E-state index in [2.05, 4.69) is 12.1 Å². The molecular formula is C17H15NO2. The third-order valence-corrected chi connectivity index (χ3v) is 3.25. The van der Waals surface area contributed by atoms with E-state index >= 15 is 0 Å². The summed E-state index contributed by atoms with van der Waals surface area (Å²) in [4.78, 5) is 11.8. The largest absolute Gasteiger partial charge is 0.419 e. The maximum absolute atomic E-state index is 11.8. The molecule has 0 N–H and O–H groups in total. The average molecular weight is 265 g/mol. The molecular weight excluding hydrogens is 250 g/mol. The number of rotatable bonds is 4. The second kappa shape index (κ2) is 5.61. The van der Waals surface area contributed by atoms with Crippen LogP contribution in [0.5, 0.6) is 0 Å². The number of nitrogens with zero attached hydrogens (tertiary/aromatic N) is 1. The van der Waals surface area contributed by atoms with Crippen LogP contribution in [0.1, 0.15) is 5.56 Å². The van der Waals surface area contributed by atoms with Crippen molar-refractivity contribution in [1.29, 1.82) is 0 Å². The molecule has 3 rings (SSSR count). The number of aryl methyl sites for hydroxylation is 2. The first-order valence-electron chi connectivity index (χ1n) is 6.62. The quantitative estimate of drug-likeness (QED) is 0.725. The van der Waals surface area contributed by atoms with Crippen LogP contribution in [0.25, 0.3) is 11.3 Å². The molecule has 0 saturated carbocycles. The monoisotopic (exact) mass is 265 g/mol. The van der Waals surface area contributed by atoms with E-state index in [9.17, 15) is 4.79 Å². The van der Waals surface area contributed by atoms with Crippen molar-refractivity contribution in [2.75, 3.05) is 0 Å². The van der Waals surface area contributed by atoms with Crippen LogP contribution in [0, 0.1) is 0 Å². The predicted octanol–water partition coefficient (Wildman–Crippen LogP) is 3.35. The molecule has 1 aromatic heterocycles. The van der Waals surface area contributed by atoms with Gasteiger partial charge in [-0.2, -0.15) is 0 Å². The maximum atomic E-state index is 11.8. The number of benzene rings is 2. The zero-order valence-corrected chi connectivity index (χ0v) is 11.0. The van der Waals surface area contributed by atoms with E-state index in [-0.39, 0.29) is 5.76 Å². The van der Waals surface area contributed by atoms with Gasteiger partial charge in [0.2, 0.25) is 0 Å². The van der Waals surface area contributed by atoms with Gasteiger partial charge in [-0.25, -0.2) is 4.79 Å². The Morgan fingerprint density at radius 3 is 2.25 bits per heavy atom. The summed E-state index contributed by atoms with van der Waals surface area (Å²) in [6.45, 7) is 0.624. The standard InChI is InChI=1S/C17H15NO2/c19-17-18(12-11-14-7-3-1-4-8-14)13-16(20-17)15-9-5-2-6-10-15/h1-10,13H,11-12H2. The van der Waals surface area contributed by atoms with Crippen molar-refractivity contribution in [3.8, 4) is 11.3 Å². The fourth-order valence-electron chi connectivity index (χ4n) is 2.16. The SMILES string of the molecule is O=c1oc(-c2ccccc2)cn1CCc1ccccc1. The minimum Gasteiger partial charge on any atom is -0.408 e. The fraction of sp³-hybridized carbons (Fsp3) is 0.118. The first-order valence-corrected chi connectivity index (χ1v) is 6.62. The third kappa shape index (κ3) is 2.72. The van der Waals surface area contributed by atoms with Gasteiger partial charge in [-0.05, 0) is 12.0 Å². The average Bonchev–Trinajstić information content (AvgIpc) is 2.88. The molecule has 0 bridgehead atoms. The van der Waals surface area contributed by atoms with Crippen LogP contribution >= 0.6 is 0 Å². The molecule has 0 radical (unpaired) electrons. The summed E-state index contributed by atoms with van der Waals surface area (Å²) >= 11 is 0. The topological polar surface area (TPSA) is 35.1 Å². The summed E-state index contributed by atoms with van der Waals surface area (Å²) in [5, 5.41) is 0. The molecule has 3 nitrogen and oxygen atoms in total. The highest BCUT2D eigenvalue weighted by molar-refractivity contribution is 5.55. The van der Waals surface area contributed by atoms with E-state index in [1.54, 1.807) is 10.8 Å². The van der Waals surface area contributed by atoms with Crippen LogP contribution < -0.4 is 5.76 Å². The third-order valence-electron chi connectivity index (χ3n) is 3.25. The summed E-state index contributed by atoms with van der Waals surface area (Å²) in [7, 11) is 0. The van der Waals surface area contributed by atoms with E-state index in [0.29, 0.717) is 12.3 Å². The Balaban J connectivity index is 1.78. The van der Waals surface area contributed by atoms with E-state index in [4.69, 9.17) is 4.42 Å². The van der Waals surface area contributed by atoms with E-state index in [1.807, 2.05) is 48.5 Å². The lowest BCUT2D eigenvalue weighted by Gasteiger charge is -2.00. The molecule has 0 aliphatic carbocycles. The highest BCUT2D eigenvalue weighted by atomic mass is 16.4. The Labute approximate surface area is 117 Å². The van der Waals surface area contributed by atoms with Crippen LogP contribution in [-0.4, -0.2) is 4.57 Å². The fourth-order valence-corrected chi connectivity index (χ4v) is 2.16. The second-order valence-electron chi connectivity index (χ2n) is 4.66. The normalized spacial score (nSPS) is 10.6. The van der Waals surface area contributed by atoms with Gasteiger partial charge in [0.05, 0.1) is 6.20 Å². The van der Waals surface area contributed by atoms with Crippen LogP contribution in [0.4, 0.5) is 0 Å². The van der Waals surface area contributed by atoms with Gasteiger partial charge in [0, 0.05) is 12.1 Å². The van der Waals surface area contributed by atoms with Gasteiger partial charge in [-0.1, -0.05) is 60.7 Å². The highest BCUT2D eigenvalue weighted by Gasteiger charge is 2.07. The van der Waals surface area contributed by atoms with E-state index in [0.717, 1.165) is 12.0 Å². The molecule has 2 aromatic carbocycles. The Kier molecular flexibility index (Phi) is 3.50. The van der Waals surface area contributed by atoms with Crippen LogP contribution in [-0.2, 0) is 13.0 Å². The van der Waals surface area contributed by atoms with E-state index < -0.39 is 0 Å². The molecule has 0 atom stereocenters. The van der Waals surface area contributed by atoms with Gasteiger partial charge in [0.1, 0.15) is 0 Å². The number of aromatic nitrogens is 1. The molecule has 0 spiro atoms. The molecule has 0 aliphatic heterocycles. The summed E-state index contributed by atoms with van der Waals surface area (Å²) < 4.78 is 6.92. The molecule has 3 heteroatoms. The summed E-state index contributed by atoms with van der Waals surface area (Å²) in [5.74, 6) is 0.309. The minimum absolute atomic E-state index is 0.306.